The van der Waals surface area contributed by atoms with Crippen LogP contribution in [0.2, 0.25) is 10.0 Å². The number of aliphatic hydroxyl groups excluding tert-OH is 1. The van der Waals surface area contributed by atoms with E-state index in [2.05, 4.69) is 0 Å². The zero-order valence-electron chi connectivity index (χ0n) is 9.62. The lowest BCUT2D eigenvalue weighted by Crippen LogP contribution is -2.02. The second-order valence-electron chi connectivity index (χ2n) is 4.05. The first-order chi connectivity index (χ1) is 8.50. The van der Waals surface area contributed by atoms with Crippen molar-refractivity contribution in [1.29, 1.82) is 0 Å². The van der Waals surface area contributed by atoms with Crippen LogP contribution in [0.1, 0.15) is 22.8 Å². The van der Waals surface area contributed by atoms with Gasteiger partial charge in [-0.3, -0.25) is 0 Å². The van der Waals surface area contributed by atoms with Crippen molar-refractivity contribution < 1.29 is 9.50 Å². The van der Waals surface area contributed by atoms with E-state index in [-0.39, 0.29) is 0 Å². The predicted molar refractivity (Wildman–Crippen MR) is 71.7 cm³/mol. The Balaban J connectivity index is 2.51. The standard InChI is InChI=1S/C14H11Cl2FO/c1-8-3-2-4-10(13(8)16)14(18)11-7-9(17)5-6-12(11)15/h2-7,14,18H,1H3. The van der Waals surface area contributed by atoms with Crippen molar-refractivity contribution in [2.24, 2.45) is 0 Å². The Kier molecular flexibility index (Phi) is 3.91. The van der Waals surface area contributed by atoms with Crippen LogP contribution in [0.25, 0.3) is 0 Å². The van der Waals surface area contributed by atoms with E-state index in [4.69, 9.17) is 23.2 Å². The van der Waals surface area contributed by atoms with Gasteiger partial charge >= 0.3 is 0 Å². The minimum Gasteiger partial charge on any atom is -0.384 e. The van der Waals surface area contributed by atoms with E-state index in [1.165, 1.54) is 18.2 Å². The number of rotatable bonds is 2. The molecule has 94 valence electrons. The summed E-state index contributed by atoms with van der Waals surface area (Å²) < 4.78 is 13.2. The maximum Gasteiger partial charge on any atom is 0.123 e. The molecule has 0 aromatic heterocycles. The van der Waals surface area contributed by atoms with E-state index in [1.807, 2.05) is 13.0 Å². The van der Waals surface area contributed by atoms with Gasteiger partial charge in [-0.25, -0.2) is 4.39 Å². The Morgan fingerprint density at radius 2 is 1.83 bits per heavy atom. The summed E-state index contributed by atoms with van der Waals surface area (Å²) in [6, 6.07) is 9.20. The van der Waals surface area contributed by atoms with E-state index in [9.17, 15) is 9.50 Å². The van der Waals surface area contributed by atoms with Crippen LogP contribution in [-0.2, 0) is 0 Å². The van der Waals surface area contributed by atoms with Crippen LogP contribution in [0.4, 0.5) is 4.39 Å². The highest BCUT2D eigenvalue weighted by Crippen LogP contribution is 2.33. The molecule has 4 heteroatoms. The SMILES string of the molecule is Cc1cccc(C(O)c2cc(F)ccc2Cl)c1Cl. The number of hydrogen-bond acceptors (Lipinski definition) is 1. The zero-order chi connectivity index (χ0) is 13.3. The van der Waals surface area contributed by atoms with Gasteiger partial charge in [-0.1, -0.05) is 41.4 Å². The molecule has 0 saturated heterocycles. The van der Waals surface area contributed by atoms with Gasteiger partial charge in [0.15, 0.2) is 0 Å². The van der Waals surface area contributed by atoms with Crippen molar-refractivity contribution in [3.8, 4) is 0 Å². The first-order valence-electron chi connectivity index (χ1n) is 5.38. The van der Waals surface area contributed by atoms with E-state index >= 15 is 0 Å². The summed E-state index contributed by atoms with van der Waals surface area (Å²) in [4.78, 5) is 0. The molecule has 1 nitrogen and oxygen atoms in total. The van der Waals surface area contributed by atoms with Gasteiger partial charge in [0.2, 0.25) is 0 Å². The molecule has 0 aliphatic rings. The van der Waals surface area contributed by atoms with Gasteiger partial charge < -0.3 is 5.11 Å². The van der Waals surface area contributed by atoms with Gasteiger partial charge in [-0.2, -0.15) is 0 Å². The molecule has 0 fully saturated rings. The molecule has 18 heavy (non-hydrogen) atoms. The lowest BCUT2D eigenvalue weighted by molar-refractivity contribution is 0.220. The monoisotopic (exact) mass is 284 g/mol. The Morgan fingerprint density at radius 1 is 1.11 bits per heavy atom. The molecule has 0 aliphatic carbocycles. The Labute approximate surface area is 115 Å². The van der Waals surface area contributed by atoms with Crippen LogP contribution in [0.3, 0.4) is 0 Å². The fourth-order valence-corrected chi connectivity index (χ4v) is 2.22. The van der Waals surface area contributed by atoms with Crippen molar-refractivity contribution in [2.75, 3.05) is 0 Å². The second-order valence-corrected chi connectivity index (χ2v) is 4.83. The molecule has 0 heterocycles. The largest absolute Gasteiger partial charge is 0.384 e. The average molecular weight is 285 g/mol. The number of aryl methyl sites for hydroxylation is 1. The molecule has 1 unspecified atom stereocenters. The quantitative estimate of drug-likeness (QED) is 0.860. The lowest BCUT2D eigenvalue weighted by atomic mass is 9.99. The zero-order valence-corrected chi connectivity index (χ0v) is 11.1. The Morgan fingerprint density at radius 3 is 2.56 bits per heavy atom. The first kappa shape index (κ1) is 13.3. The molecule has 2 rings (SSSR count). The fraction of sp³-hybridized carbons (Fsp3) is 0.143. The molecule has 0 spiro atoms. The van der Waals surface area contributed by atoms with E-state index < -0.39 is 11.9 Å². The third-order valence-corrected chi connectivity index (χ3v) is 3.63. The van der Waals surface area contributed by atoms with Gasteiger partial charge in [0, 0.05) is 21.2 Å². The molecule has 0 amide bonds. The van der Waals surface area contributed by atoms with Gasteiger partial charge in [0.1, 0.15) is 11.9 Å². The van der Waals surface area contributed by atoms with Crippen molar-refractivity contribution in [3.05, 3.63) is 69.0 Å². The highest BCUT2D eigenvalue weighted by Gasteiger charge is 2.18. The average Bonchev–Trinajstić information content (AvgIpc) is 2.35. The number of hydrogen-bond donors (Lipinski definition) is 1. The highest BCUT2D eigenvalue weighted by molar-refractivity contribution is 6.32. The summed E-state index contributed by atoms with van der Waals surface area (Å²) in [6.07, 6.45) is -1.04. The normalized spacial score (nSPS) is 12.5. The Bertz CT molecular complexity index is 582. The minimum absolute atomic E-state index is 0.307. The molecule has 2 aromatic rings. The maximum atomic E-state index is 13.2. The van der Waals surface area contributed by atoms with Gasteiger partial charge in [-0.05, 0) is 30.7 Å². The first-order valence-corrected chi connectivity index (χ1v) is 6.14. The molecule has 1 N–H and O–H groups in total. The molecule has 1 atom stereocenters. The summed E-state index contributed by atoms with van der Waals surface area (Å²) in [5.74, 6) is -0.447. The maximum absolute atomic E-state index is 13.2. The van der Waals surface area contributed by atoms with E-state index in [1.54, 1.807) is 12.1 Å². The number of aliphatic hydroxyl groups is 1. The summed E-state index contributed by atoms with van der Waals surface area (Å²) in [6.45, 7) is 1.84. The number of benzene rings is 2. The lowest BCUT2D eigenvalue weighted by Gasteiger charge is -2.15. The smallest absolute Gasteiger partial charge is 0.123 e. The van der Waals surface area contributed by atoms with Crippen molar-refractivity contribution in [1.82, 2.24) is 0 Å². The molecule has 2 aromatic carbocycles. The highest BCUT2D eigenvalue weighted by atomic mass is 35.5. The van der Waals surface area contributed by atoms with Crippen LogP contribution in [-0.4, -0.2) is 5.11 Å². The number of halogens is 3. The van der Waals surface area contributed by atoms with Crippen LogP contribution < -0.4 is 0 Å². The van der Waals surface area contributed by atoms with Crippen LogP contribution in [0, 0.1) is 12.7 Å². The van der Waals surface area contributed by atoms with Crippen LogP contribution >= 0.6 is 23.2 Å². The topological polar surface area (TPSA) is 20.2 Å². The van der Waals surface area contributed by atoms with E-state index in [0.29, 0.717) is 21.2 Å². The van der Waals surface area contributed by atoms with Crippen molar-refractivity contribution >= 4 is 23.2 Å². The van der Waals surface area contributed by atoms with Crippen molar-refractivity contribution in [3.63, 3.8) is 0 Å². The fourth-order valence-electron chi connectivity index (χ4n) is 1.77. The summed E-state index contributed by atoms with van der Waals surface area (Å²) in [5.41, 5.74) is 1.68. The van der Waals surface area contributed by atoms with Crippen molar-refractivity contribution in [2.45, 2.75) is 13.0 Å². The van der Waals surface area contributed by atoms with Gasteiger partial charge in [0.05, 0.1) is 0 Å². The van der Waals surface area contributed by atoms with Crippen LogP contribution in [0.15, 0.2) is 36.4 Å². The molecule has 0 aliphatic heterocycles. The molecule has 0 saturated carbocycles. The van der Waals surface area contributed by atoms with Gasteiger partial charge in [-0.15, -0.1) is 0 Å². The van der Waals surface area contributed by atoms with Gasteiger partial charge in [0.25, 0.3) is 0 Å². The predicted octanol–water partition coefficient (Wildman–Crippen LogP) is 4.52. The second kappa shape index (κ2) is 5.27. The third-order valence-electron chi connectivity index (χ3n) is 2.77. The third kappa shape index (κ3) is 2.51. The molecular weight excluding hydrogens is 274 g/mol. The summed E-state index contributed by atoms with van der Waals surface area (Å²) in [5, 5.41) is 11.0. The van der Waals surface area contributed by atoms with E-state index in [0.717, 1.165) is 5.56 Å². The minimum atomic E-state index is -1.04. The molecule has 0 radical (unpaired) electrons. The summed E-state index contributed by atoms with van der Waals surface area (Å²) in [7, 11) is 0. The van der Waals surface area contributed by atoms with Crippen LogP contribution in [0.5, 0.6) is 0 Å². The Hall–Kier alpha value is -1.09. The summed E-state index contributed by atoms with van der Waals surface area (Å²) >= 11 is 12.1. The molecule has 0 bridgehead atoms. The molecular formula is C14H11Cl2FO.